The first kappa shape index (κ1) is 21.7. The summed E-state index contributed by atoms with van der Waals surface area (Å²) in [6.07, 6.45) is 0. The number of thioether (sulfide) groups is 1. The van der Waals surface area contributed by atoms with Gasteiger partial charge in [0, 0.05) is 11.5 Å². The lowest BCUT2D eigenvalue weighted by Crippen LogP contribution is -2.15. The lowest BCUT2D eigenvalue weighted by Gasteiger charge is -2.12. The van der Waals surface area contributed by atoms with E-state index in [4.69, 9.17) is 19.2 Å². The molecule has 2 heterocycles. The third-order valence-electron chi connectivity index (χ3n) is 4.65. The van der Waals surface area contributed by atoms with Crippen LogP contribution in [-0.2, 0) is 4.79 Å². The maximum atomic E-state index is 12.6. The van der Waals surface area contributed by atoms with E-state index in [2.05, 4.69) is 15.4 Å². The fourth-order valence-electron chi connectivity index (χ4n) is 3.27. The molecule has 4 aromatic rings. The van der Waals surface area contributed by atoms with Gasteiger partial charge in [-0.2, -0.15) is 4.52 Å². The van der Waals surface area contributed by atoms with Gasteiger partial charge in [0.25, 0.3) is 0 Å². The van der Waals surface area contributed by atoms with Gasteiger partial charge >= 0.3 is 0 Å². The molecule has 0 saturated heterocycles. The highest BCUT2D eigenvalue weighted by Crippen LogP contribution is 2.34. The topological polar surface area (TPSA) is 99.9 Å². The third kappa shape index (κ3) is 4.26. The van der Waals surface area contributed by atoms with Gasteiger partial charge in [-0.15, -0.1) is 5.10 Å². The van der Waals surface area contributed by atoms with Crippen molar-refractivity contribution in [2.75, 3.05) is 31.9 Å². The molecule has 32 heavy (non-hydrogen) atoms. The number of ether oxygens (including phenoxy) is 3. The average molecular weight is 454 g/mol. The standard InChI is InChI=1S/C22H23N5O4S/c1-5-31-17-9-7-6-8-15(17)24-20(28)12-32-22-25-16-11-19(30-4)18(29-3)10-14(16)21-23-13(2)26-27(21)22/h6-11H,5,12H2,1-4H3,(H,24,28). The second-order valence-electron chi connectivity index (χ2n) is 6.78. The van der Waals surface area contributed by atoms with Gasteiger partial charge in [0.05, 0.1) is 37.8 Å². The number of rotatable bonds is 8. The number of para-hydroxylation sites is 2. The molecule has 2 aromatic carbocycles. The van der Waals surface area contributed by atoms with E-state index in [9.17, 15) is 4.79 Å². The van der Waals surface area contributed by atoms with Crippen molar-refractivity contribution in [2.24, 2.45) is 0 Å². The van der Waals surface area contributed by atoms with Crippen LogP contribution in [0, 0.1) is 6.92 Å². The molecule has 0 aliphatic rings. The third-order valence-corrected chi connectivity index (χ3v) is 5.58. The number of carbonyl (C=O) groups excluding carboxylic acids is 1. The van der Waals surface area contributed by atoms with Crippen LogP contribution in [-0.4, -0.2) is 52.1 Å². The average Bonchev–Trinajstić information content (AvgIpc) is 3.19. The Morgan fingerprint density at radius 1 is 1.09 bits per heavy atom. The molecule has 0 bridgehead atoms. The minimum Gasteiger partial charge on any atom is -0.493 e. The monoisotopic (exact) mass is 453 g/mol. The summed E-state index contributed by atoms with van der Waals surface area (Å²) in [6.45, 7) is 4.22. The number of nitrogens with zero attached hydrogens (tertiary/aromatic N) is 4. The van der Waals surface area contributed by atoms with Crippen LogP contribution in [0.4, 0.5) is 5.69 Å². The molecule has 0 atom stereocenters. The molecule has 0 saturated carbocycles. The van der Waals surface area contributed by atoms with Crippen molar-refractivity contribution in [2.45, 2.75) is 19.0 Å². The summed E-state index contributed by atoms with van der Waals surface area (Å²) in [6, 6.07) is 11.0. The molecule has 0 aliphatic carbocycles. The number of aromatic nitrogens is 4. The Morgan fingerprint density at radius 2 is 1.84 bits per heavy atom. The number of nitrogens with one attached hydrogen (secondary N) is 1. The fraction of sp³-hybridized carbons (Fsp3) is 0.273. The number of amides is 1. The predicted molar refractivity (Wildman–Crippen MR) is 123 cm³/mol. The van der Waals surface area contributed by atoms with Crippen molar-refractivity contribution in [3.05, 3.63) is 42.2 Å². The van der Waals surface area contributed by atoms with E-state index in [0.717, 1.165) is 5.39 Å². The molecule has 0 spiro atoms. The highest BCUT2D eigenvalue weighted by Gasteiger charge is 2.17. The van der Waals surface area contributed by atoms with Crippen LogP contribution < -0.4 is 19.5 Å². The molecule has 10 heteroatoms. The SMILES string of the molecule is CCOc1ccccc1NC(=O)CSc1nc2cc(OC)c(OC)cc2c2nc(C)nn12. The number of benzene rings is 2. The molecule has 9 nitrogen and oxygen atoms in total. The number of hydrogen-bond donors (Lipinski definition) is 1. The zero-order valence-electron chi connectivity index (χ0n) is 18.2. The van der Waals surface area contributed by atoms with Crippen LogP contribution in [0.5, 0.6) is 17.2 Å². The van der Waals surface area contributed by atoms with Crippen molar-refractivity contribution in [1.82, 2.24) is 19.6 Å². The van der Waals surface area contributed by atoms with Crippen LogP contribution >= 0.6 is 11.8 Å². The van der Waals surface area contributed by atoms with Crippen molar-refractivity contribution < 1.29 is 19.0 Å². The zero-order valence-corrected chi connectivity index (χ0v) is 19.0. The first-order valence-corrected chi connectivity index (χ1v) is 11.0. The molecule has 1 amide bonds. The van der Waals surface area contributed by atoms with Crippen molar-refractivity contribution >= 4 is 39.9 Å². The molecule has 2 aromatic heterocycles. The molecule has 0 fully saturated rings. The van der Waals surface area contributed by atoms with Crippen LogP contribution in [0.25, 0.3) is 16.6 Å². The van der Waals surface area contributed by atoms with E-state index < -0.39 is 0 Å². The van der Waals surface area contributed by atoms with E-state index in [1.807, 2.05) is 38.1 Å². The van der Waals surface area contributed by atoms with E-state index in [1.165, 1.54) is 11.8 Å². The highest BCUT2D eigenvalue weighted by atomic mass is 32.2. The Labute approximate surface area is 189 Å². The van der Waals surface area contributed by atoms with Crippen LogP contribution in [0.3, 0.4) is 0 Å². The highest BCUT2D eigenvalue weighted by molar-refractivity contribution is 7.99. The molecule has 4 rings (SSSR count). The van der Waals surface area contributed by atoms with Gasteiger partial charge in [-0.1, -0.05) is 23.9 Å². The van der Waals surface area contributed by atoms with Gasteiger partial charge in [-0.25, -0.2) is 9.97 Å². The molecule has 0 unspecified atom stereocenters. The zero-order chi connectivity index (χ0) is 22.7. The van der Waals surface area contributed by atoms with Gasteiger partial charge < -0.3 is 19.5 Å². The number of anilines is 1. The summed E-state index contributed by atoms with van der Waals surface area (Å²) in [5.41, 5.74) is 1.94. The maximum Gasteiger partial charge on any atom is 0.234 e. The largest absolute Gasteiger partial charge is 0.493 e. The first-order valence-electron chi connectivity index (χ1n) is 9.97. The second-order valence-corrected chi connectivity index (χ2v) is 7.72. The molecule has 1 N–H and O–H groups in total. The lowest BCUT2D eigenvalue weighted by molar-refractivity contribution is -0.113. The number of carbonyl (C=O) groups is 1. The normalized spacial score (nSPS) is 11.0. The van der Waals surface area contributed by atoms with Gasteiger partial charge in [0.15, 0.2) is 22.3 Å². The molecular formula is C22H23N5O4S. The summed E-state index contributed by atoms with van der Waals surface area (Å²) in [5.74, 6) is 2.34. The minimum atomic E-state index is -0.179. The molecule has 166 valence electrons. The Morgan fingerprint density at radius 3 is 2.59 bits per heavy atom. The lowest BCUT2D eigenvalue weighted by atomic mass is 10.2. The summed E-state index contributed by atoms with van der Waals surface area (Å²) < 4.78 is 18.0. The van der Waals surface area contributed by atoms with Crippen LogP contribution in [0.15, 0.2) is 41.6 Å². The second kappa shape index (κ2) is 9.31. The van der Waals surface area contributed by atoms with Crippen molar-refractivity contribution in [3.63, 3.8) is 0 Å². The Hall–Kier alpha value is -3.53. The number of hydrogen-bond acceptors (Lipinski definition) is 8. The minimum absolute atomic E-state index is 0.139. The molecule has 0 radical (unpaired) electrons. The quantitative estimate of drug-likeness (QED) is 0.318. The predicted octanol–water partition coefficient (Wildman–Crippen LogP) is 3.73. The molecular weight excluding hydrogens is 430 g/mol. The fourth-order valence-corrected chi connectivity index (χ4v) is 4.02. The van der Waals surface area contributed by atoms with E-state index in [1.54, 1.807) is 30.9 Å². The summed E-state index contributed by atoms with van der Waals surface area (Å²) >= 11 is 1.27. The Balaban J connectivity index is 1.63. The summed E-state index contributed by atoms with van der Waals surface area (Å²) in [4.78, 5) is 21.9. The number of fused-ring (bicyclic) bond motifs is 3. The van der Waals surface area contributed by atoms with E-state index in [0.29, 0.717) is 51.7 Å². The van der Waals surface area contributed by atoms with Crippen LogP contribution in [0.1, 0.15) is 12.7 Å². The van der Waals surface area contributed by atoms with Gasteiger partial charge in [-0.05, 0) is 32.0 Å². The number of aryl methyl sites for hydroxylation is 1. The first-order chi connectivity index (χ1) is 15.5. The van der Waals surface area contributed by atoms with Gasteiger partial charge in [-0.3, -0.25) is 4.79 Å². The summed E-state index contributed by atoms with van der Waals surface area (Å²) in [7, 11) is 3.15. The maximum absolute atomic E-state index is 12.6. The van der Waals surface area contributed by atoms with Gasteiger partial charge in [0.1, 0.15) is 11.6 Å². The molecule has 0 aliphatic heterocycles. The van der Waals surface area contributed by atoms with Gasteiger partial charge in [0.2, 0.25) is 5.91 Å². The smallest absolute Gasteiger partial charge is 0.234 e. The van der Waals surface area contributed by atoms with Crippen LogP contribution in [0.2, 0.25) is 0 Å². The van der Waals surface area contributed by atoms with E-state index >= 15 is 0 Å². The van der Waals surface area contributed by atoms with Crippen molar-refractivity contribution in [1.29, 1.82) is 0 Å². The van der Waals surface area contributed by atoms with E-state index in [-0.39, 0.29) is 11.7 Å². The Bertz CT molecular complexity index is 1290. The number of methoxy groups -OCH3 is 2. The Kier molecular flexibility index (Phi) is 6.31. The summed E-state index contributed by atoms with van der Waals surface area (Å²) in [5, 5.41) is 8.68. The van der Waals surface area contributed by atoms with Crippen molar-refractivity contribution in [3.8, 4) is 17.2 Å².